The molecule has 0 saturated carbocycles. The van der Waals surface area contributed by atoms with Crippen LogP contribution in [0.5, 0.6) is 0 Å². The van der Waals surface area contributed by atoms with Crippen molar-refractivity contribution in [3.8, 4) is 11.3 Å². The molecule has 0 spiro atoms. The highest BCUT2D eigenvalue weighted by molar-refractivity contribution is 6.04. The van der Waals surface area contributed by atoms with Gasteiger partial charge in [0.25, 0.3) is 11.8 Å². The Labute approximate surface area is 223 Å². The zero-order chi connectivity index (χ0) is 27.2. The smallest absolute Gasteiger partial charge is 0.328 e. The molecule has 1 aliphatic heterocycles. The van der Waals surface area contributed by atoms with Gasteiger partial charge in [-0.1, -0.05) is 57.9 Å². The van der Waals surface area contributed by atoms with Crippen molar-refractivity contribution in [2.75, 3.05) is 12.4 Å². The monoisotopic (exact) mass is 514 g/mol. The average molecular weight is 515 g/mol. The molecule has 1 aliphatic rings. The molecule has 2 heterocycles. The molecule has 38 heavy (non-hydrogen) atoms. The molecule has 2 amide bonds. The van der Waals surface area contributed by atoms with Crippen molar-refractivity contribution in [3.05, 3.63) is 77.1 Å². The highest BCUT2D eigenvalue weighted by Crippen LogP contribution is 2.31. The van der Waals surface area contributed by atoms with Crippen molar-refractivity contribution in [1.82, 2.24) is 14.9 Å². The molecule has 4 rings (SSSR count). The van der Waals surface area contributed by atoms with E-state index in [1.165, 1.54) is 31.7 Å². The highest BCUT2D eigenvalue weighted by Gasteiger charge is 2.38. The summed E-state index contributed by atoms with van der Waals surface area (Å²) in [6.07, 6.45) is 7.60. The first-order valence-electron chi connectivity index (χ1n) is 13.1. The van der Waals surface area contributed by atoms with E-state index in [1.54, 1.807) is 17.2 Å². The van der Waals surface area contributed by atoms with Crippen molar-refractivity contribution >= 4 is 23.6 Å². The third-order valence-electron chi connectivity index (χ3n) is 6.83. The maximum absolute atomic E-state index is 13.2. The molecule has 3 aromatic rings. The summed E-state index contributed by atoms with van der Waals surface area (Å²) in [5.74, 6) is -0.628. The van der Waals surface area contributed by atoms with Crippen LogP contribution in [0.3, 0.4) is 0 Å². The predicted molar refractivity (Wildman–Crippen MR) is 146 cm³/mol. The van der Waals surface area contributed by atoms with Crippen LogP contribution in [0.15, 0.2) is 54.9 Å². The minimum Gasteiger partial charge on any atom is -0.467 e. The number of esters is 1. The average Bonchev–Trinajstić information content (AvgIpc) is 3.24. The van der Waals surface area contributed by atoms with Crippen LogP contribution in [0.1, 0.15) is 71.9 Å². The number of hydrogen-bond donors (Lipinski definition) is 1. The van der Waals surface area contributed by atoms with Gasteiger partial charge in [0.05, 0.1) is 25.2 Å². The maximum atomic E-state index is 13.2. The Hall–Kier alpha value is -4.07. The summed E-state index contributed by atoms with van der Waals surface area (Å²) in [6, 6.07) is 12.5. The molecule has 1 N–H and O–H groups in total. The Morgan fingerprint density at radius 1 is 1.05 bits per heavy atom. The molecular weight excluding hydrogens is 480 g/mol. The van der Waals surface area contributed by atoms with E-state index in [-0.39, 0.29) is 17.7 Å². The summed E-state index contributed by atoms with van der Waals surface area (Å²) >= 11 is 0. The number of benzene rings is 2. The van der Waals surface area contributed by atoms with Gasteiger partial charge in [0.1, 0.15) is 6.04 Å². The Morgan fingerprint density at radius 2 is 1.82 bits per heavy atom. The lowest BCUT2D eigenvalue weighted by atomic mass is 10.0. The summed E-state index contributed by atoms with van der Waals surface area (Å²) in [5, 5.41) is 2.79. The number of fused-ring (bicyclic) bond motifs is 1. The van der Waals surface area contributed by atoms with Crippen molar-refractivity contribution < 1.29 is 19.1 Å². The van der Waals surface area contributed by atoms with Crippen LogP contribution in [0.4, 0.5) is 5.82 Å². The number of hydrogen-bond acceptors (Lipinski definition) is 6. The lowest BCUT2D eigenvalue weighted by molar-refractivity contribution is -0.147. The Balaban J connectivity index is 1.43. The van der Waals surface area contributed by atoms with Gasteiger partial charge >= 0.3 is 5.97 Å². The van der Waals surface area contributed by atoms with Crippen LogP contribution < -0.4 is 5.32 Å². The van der Waals surface area contributed by atoms with Crippen LogP contribution >= 0.6 is 0 Å². The summed E-state index contributed by atoms with van der Waals surface area (Å²) in [4.78, 5) is 48.5. The van der Waals surface area contributed by atoms with E-state index in [4.69, 9.17) is 4.74 Å². The fourth-order valence-corrected chi connectivity index (χ4v) is 4.72. The first-order chi connectivity index (χ1) is 18.3. The SMILES string of the molecule is CCCCCc1ccc(C(=O)Nc2cnc(-c3ccc4c(c3)C(=O)N(C(C(=O)OC)C(C)C)C4)cn2)cc1. The molecule has 0 bridgehead atoms. The minimum atomic E-state index is -0.650. The number of anilines is 1. The third kappa shape index (κ3) is 5.90. The van der Waals surface area contributed by atoms with Gasteiger partial charge < -0.3 is 15.0 Å². The van der Waals surface area contributed by atoms with Gasteiger partial charge in [-0.25, -0.2) is 9.78 Å². The number of amides is 2. The second-order valence-electron chi connectivity index (χ2n) is 9.91. The van der Waals surface area contributed by atoms with E-state index in [0.29, 0.717) is 29.2 Å². The van der Waals surface area contributed by atoms with Crippen LogP contribution in [-0.4, -0.2) is 45.8 Å². The molecule has 8 heteroatoms. The molecule has 0 fully saturated rings. The second kappa shape index (κ2) is 12.0. The lowest BCUT2D eigenvalue weighted by Gasteiger charge is -2.28. The zero-order valence-electron chi connectivity index (χ0n) is 22.4. The standard InChI is InChI=1S/C30H34N4O4/c1-5-6-7-8-20-9-11-21(12-10-20)28(35)33-26-17-31-25(16-32-26)22-13-14-23-18-34(29(36)24(23)15-22)27(19(2)3)30(37)38-4/h9-17,19,27H,5-8,18H2,1-4H3,(H,32,33,35). The van der Waals surface area contributed by atoms with Crippen LogP contribution in [-0.2, 0) is 22.5 Å². The number of nitrogens with zero attached hydrogens (tertiary/aromatic N) is 3. The number of unbranched alkanes of at least 4 members (excludes halogenated alkanes) is 2. The van der Waals surface area contributed by atoms with E-state index in [1.807, 2.05) is 50.2 Å². The van der Waals surface area contributed by atoms with Crippen molar-refractivity contribution in [1.29, 1.82) is 0 Å². The summed E-state index contributed by atoms with van der Waals surface area (Å²) in [5.41, 5.74) is 4.46. The van der Waals surface area contributed by atoms with E-state index >= 15 is 0 Å². The first kappa shape index (κ1) is 27.0. The number of carbonyl (C=O) groups is 3. The van der Waals surface area contributed by atoms with Gasteiger partial charge in [-0.2, -0.15) is 0 Å². The van der Waals surface area contributed by atoms with Crippen LogP contribution in [0.25, 0.3) is 11.3 Å². The summed E-state index contributed by atoms with van der Waals surface area (Å²) < 4.78 is 4.94. The molecule has 8 nitrogen and oxygen atoms in total. The van der Waals surface area contributed by atoms with Crippen molar-refractivity contribution in [3.63, 3.8) is 0 Å². The van der Waals surface area contributed by atoms with E-state index < -0.39 is 12.0 Å². The highest BCUT2D eigenvalue weighted by atomic mass is 16.5. The van der Waals surface area contributed by atoms with Gasteiger partial charge in [-0.05, 0) is 48.1 Å². The van der Waals surface area contributed by atoms with Gasteiger partial charge in [0, 0.05) is 23.2 Å². The number of nitrogens with one attached hydrogen (secondary N) is 1. The fraction of sp³-hybridized carbons (Fsp3) is 0.367. The van der Waals surface area contributed by atoms with E-state index in [9.17, 15) is 14.4 Å². The number of aryl methyl sites for hydroxylation is 1. The van der Waals surface area contributed by atoms with Gasteiger partial charge in [-0.3, -0.25) is 14.6 Å². The molecule has 0 aliphatic carbocycles. The number of rotatable bonds is 10. The number of ether oxygens (including phenoxy) is 1. The minimum absolute atomic E-state index is 0.0856. The Morgan fingerprint density at radius 3 is 2.45 bits per heavy atom. The molecule has 2 aromatic carbocycles. The van der Waals surface area contributed by atoms with E-state index in [0.717, 1.165) is 24.0 Å². The predicted octanol–water partition coefficient (Wildman–Crippen LogP) is 5.28. The van der Waals surface area contributed by atoms with Gasteiger partial charge in [0.2, 0.25) is 0 Å². The molecule has 1 atom stereocenters. The third-order valence-corrected chi connectivity index (χ3v) is 6.83. The molecule has 1 unspecified atom stereocenters. The Bertz CT molecular complexity index is 1300. The number of carbonyl (C=O) groups excluding carboxylic acids is 3. The summed E-state index contributed by atoms with van der Waals surface area (Å²) in [6.45, 7) is 6.31. The van der Waals surface area contributed by atoms with Crippen molar-refractivity contribution in [2.24, 2.45) is 5.92 Å². The second-order valence-corrected chi connectivity index (χ2v) is 9.91. The fourth-order valence-electron chi connectivity index (χ4n) is 4.72. The van der Waals surface area contributed by atoms with Crippen LogP contribution in [0, 0.1) is 5.92 Å². The first-order valence-corrected chi connectivity index (χ1v) is 13.1. The molecule has 1 aromatic heterocycles. The van der Waals surface area contributed by atoms with Crippen LogP contribution in [0.2, 0.25) is 0 Å². The molecule has 0 radical (unpaired) electrons. The molecule has 198 valence electrons. The Kier molecular flexibility index (Phi) is 8.51. The van der Waals surface area contributed by atoms with Gasteiger partial charge in [-0.15, -0.1) is 0 Å². The maximum Gasteiger partial charge on any atom is 0.328 e. The number of methoxy groups -OCH3 is 1. The molecule has 0 saturated heterocycles. The molecular formula is C30H34N4O4. The quantitative estimate of drug-likeness (QED) is 0.292. The topological polar surface area (TPSA) is 101 Å². The zero-order valence-corrected chi connectivity index (χ0v) is 22.4. The van der Waals surface area contributed by atoms with Gasteiger partial charge in [0.15, 0.2) is 5.82 Å². The van der Waals surface area contributed by atoms with E-state index in [2.05, 4.69) is 22.2 Å². The van der Waals surface area contributed by atoms with Crippen molar-refractivity contribution in [2.45, 2.75) is 59.0 Å². The summed E-state index contributed by atoms with van der Waals surface area (Å²) in [7, 11) is 1.33. The number of aromatic nitrogens is 2. The normalized spacial score (nSPS) is 13.4. The largest absolute Gasteiger partial charge is 0.467 e. The lowest BCUT2D eigenvalue weighted by Crippen LogP contribution is -2.45.